The number of nitrogens with zero attached hydrogens (tertiary/aromatic N) is 1. The molecule has 1 aliphatic rings. The Morgan fingerprint density at radius 1 is 1.38 bits per heavy atom. The zero-order chi connectivity index (χ0) is 15.4. The number of rotatable bonds is 5. The molecule has 0 aromatic heterocycles. The number of carboxylic acid groups (broad SMARTS) is 1. The van der Waals surface area contributed by atoms with Gasteiger partial charge in [0.2, 0.25) is 0 Å². The van der Waals surface area contributed by atoms with E-state index in [9.17, 15) is 9.59 Å². The number of nitrogens with one attached hydrogen (secondary N) is 1. The van der Waals surface area contributed by atoms with Crippen LogP contribution in [0.5, 0.6) is 0 Å². The van der Waals surface area contributed by atoms with Crippen LogP contribution in [-0.4, -0.2) is 35.1 Å². The Balaban J connectivity index is 2.06. The molecule has 1 aliphatic carbocycles. The summed E-state index contributed by atoms with van der Waals surface area (Å²) in [6.07, 6.45) is 3.64. The highest BCUT2D eigenvalue weighted by atomic mass is 16.4. The van der Waals surface area contributed by atoms with Gasteiger partial charge >= 0.3 is 12.0 Å². The minimum atomic E-state index is -0.993. The predicted octanol–water partition coefficient (Wildman–Crippen LogP) is 3.35. The van der Waals surface area contributed by atoms with E-state index in [2.05, 4.69) is 5.32 Å². The molecule has 1 aromatic rings. The lowest BCUT2D eigenvalue weighted by atomic mass is 9.85. The molecule has 114 valence electrons. The van der Waals surface area contributed by atoms with Crippen LogP contribution in [0.4, 0.5) is 10.5 Å². The lowest BCUT2D eigenvalue weighted by molar-refractivity contribution is 0.0697. The molecular formula is C16H22N2O3. The smallest absolute Gasteiger partial charge is 0.335 e. The lowest BCUT2D eigenvalue weighted by Crippen LogP contribution is -2.40. The van der Waals surface area contributed by atoms with Crippen LogP contribution in [-0.2, 0) is 0 Å². The molecule has 2 amide bonds. The first-order valence-electron chi connectivity index (χ1n) is 7.41. The van der Waals surface area contributed by atoms with E-state index < -0.39 is 5.97 Å². The molecule has 21 heavy (non-hydrogen) atoms. The van der Waals surface area contributed by atoms with Gasteiger partial charge < -0.3 is 15.3 Å². The van der Waals surface area contributed by atoms with Crippen LogP contribution in [0.3, 0.4) is 0 Å². The number of carboxylic acids is 1. The van der Waals surface area contributed by atoms with E-state index in [1.165, 1.54) is 25.3 Å². The van der Waals surface area contributed by atoms with Crippen molar-refractivity contribution in [2.24, 2.45) is 5.92 Å². The van der Waals surface area contributed by atoms with Crippen molar-refractivity contribution in [2.45, 2.75) is 33.1 Å². The lowest BCUT2D eigenvalue weighted by Gasteiger charge is -2.32. The minimum Gasteiger partial charge on any atom is -0.478 e. The number of benzene rings is 1. The van der Waals surface area contributed by atoms with E-state index in [4.69, 9.17) is 5.11 Å². The molecule has 2 rings (SSSR count). The topological polar surface area (TPSA) is 69.6 Å². The Bertz CT molecular complexity index is 538. The molecule has 5 nitrogen and oxygen atoms in total. The van der Waals surface area contributed by atoms with Crippen LogP contribution in [0.1, 0.15) is 42.1 Å². The van der Waals surface area contributed by atoms with Gasteiger partial charge in [-0.15, -0.1) is 0 Å². The highest BCUT2D eigenvalue weighted by Crippen LogP contribution is 2.27. The van der Waals surface area contributed by atoms with E-state index >= 15 is 0 Å². The van der Waals surface area contributed by atoms with Gasteiger partial charge in [0.05, 0.1) is 5.56 Å². The van der Waals surface area contributed by atoms with Crippen molar-refractivity contribution in [1.82, 2.24) is 4.90 Å². The van der Waals surface area contributed by atoms with Gasteiger partial charge in [-0.3, -0.25) is 0 Å². The van der Waals surface area contributed by atoms with Crippen molar-refractivity contribution in [3.63, 3.8) is 0 Å². The normalized spacial score (nSPS) is 14.4. The molecule has 1 saturated carbocycles. The highest BCUT2D eigenvalue weighted by Gasteiger charge is 2.23. The van der Waals surface area contributed by atoms with Crippen LogP contribution in [0.25, 0.3) is 0 Å². The average Bonchev–Trinajstić information content (AvgIpc) is 2.39. The van der Waals surface area contributed by atoms with Gasteiger partial charge in [-0.2, -0.15) is 0 Å². The quantitative estimate of drug-likeness (QED) is 0.873. The Hall–Kier alpha value is -2.04. The van der Waals surface area contributed by atoms with Gasteiger partial charge in [-0.1, -0.05) is 12.5 Å². The van der Waals surface area contributed by atoms with Crippen molar-refractivity contribution < 1.29 is 14.7 Å². The Morgan fingerprint density at radius 2 is 2.10 bits per heavy atom. The van der Waals surface area contributed by atoms with Crippen LogP contribution in [0.15, 0.2) is 18.2 Å². The summed E-state index contributed by atoms with van der Waals surface area (Å²) in [5, 5.41) is 11.9. The third-order valence-corrected chi connectivity index (χ3v) is 4.10. The van der Waals surface area contributed by atoms with Crippen molar-refractivity contribution >= 4 is 17.7 Å². The second kappa shape index (κ2) is 6.61. The van der Waals surface area contributed by atoms with Crippen molar-refractivity contribution in [2.75, 3.05) is 18.4 Å². The fraction of sp³-hybridized carbons (Fsp3) is 0.500. The molecule has 0 atom stereocenters. The predicted molar refractivity (Wildman–Crippen MR) is 81.7 cm³/mol. The number of hydrogen-bond acceptors (Lipinski definition) is 2. The number of anilines is 1. The molecule has 0 unspecified atom stereocenters. The van der Waals surface area contributed by atoms with Crippen LogP contribution < -0.4 is 5.32 Å². The van der Waals surface area contributed by atoms with E-state index in [0.29, 0.717) is 18.2 Å². The summed E-state index contributed by atoms with van der Waals surface area (Å²) >= 11 is 0. The number of carbonyl (C=O) groups excluding carboxylic acids is 1. The molecule has 0 saturated heterocycles. The number of aryl methyl sites for hydroxylation is 1. The number of aromatic carboxylic acids is 1. The zero-order valence-electron chi connectivity index (χ0n) is 12.6. The monoisotopic (exact) mass is 290 g/mol. The first kappa shape index (κ1) is 15.4. The second-order valence-corrected chi connectivity index (χ2v) is 5.60. The molecule has 0 heterocycles. The summed E-state index contributed by atoms with van der Waals surface area (Å²) in [5.74, 6) is -0.380. The minimum absolute atomic E-state index is 0.157. The van der Waals surface area contributed by atoms with Gasteiger partial charge in [0.1, 0.15) is 0 Å². The first-order valence-corrected chi connectivity index (χ1v) is 7.41. The summed E-state index contributed by atoms with van der Waals surface area (Å²) in [6, 6.07) is 4.60. The first-order chi connectivity index (χ1) is 10.0. The molecule has 5 heteroatoms. The molecule has 1 aromatic carbocycles. The molecule has 0 aliphatic heterocycles. The van der Waals surface area contributed by atoms with Crippen LogP contribution in [0, 0.1) is 12.8 Å². The summed E-state index contributed by atoms with van der Waals surface area (Å²) in [4.78, 5) is 25.1. The summed E-state index contributed by atoms with van der Waals surface area (Å²) < 4.78 is 0. The fourth-order valence-corrected chi connectivity index (χ4v) is 2.43. The number of hydrogen-bond donors (Lipinski definition) is 2. The third-order valence-electron chi connectivity index (χ3n) is 4.10. The van der Waals surface area contributed by atoms with Gasteiger partial charge in [0.25, 0.3) is 0 Å². The SMILES string of the molecule is CCN(CC1CCC1)C(=O)Nc1cc(C(=O)O)ccc1C. The van der Waals surface area contributed by atoms with Crippen molar-refractivity contribution in [1.29, 1.82) is 0 Å². The van der Waals surface area contributed by atoms with Gasteiger partial charge in [-0.25, -0.2) is 9.59 Å². The second-order valence-electron chi connectivity index (χ2n) is 5.60. The molecule has 0 bridgehead atoms. The Morgan fingerprint density at radius 3 is 2.62 bits per heavy atom. The summed E-state index contributed by atoms with van der Waals surface area (Å²) in [6.45, 7) is 5.24. The maximum absolute atomic E-state index is 12.3. The van der Waals surface area contributed by atoms with Crippen molar-refractivity contribution in [3.8, 4) is 0 Å². The van der Waals surface area contributed by atoms with Gasteiger partial charge in [0, 0.05) is 18.8 Å². The van der Waals surface area contributed by atoms with E-state index in [1.54, 1.807) is 17.0 Å². The highest BCUT2D eigenvalue weighted by molar-refractivity contribution is 5.94. The zero-order valence-corrected chi connectivity index (χ0v) is 12.6. The Kier molecular flexibility index (Phi) is 4.83. The Labute approximate surface area is 125 Å². The largest absolute Gasteiger partial charge is 0.478 e. The standard InChI is InChI=1S/C16H22N2O3/c1-3-18(10-12-5-4-6-12)16(21)17-14-9-13(15(19)20)8-7-11(14)2/h7-9,12H,3-6,10H2,1-2H3,(H,17,21)(H,19,20). The summed E-state index contributed by atoms with van der Waals surface area (Å²) in [7, 11) is 0. The molecule has 0 spiro atoms. The maximum Gasteiger partial charge on any atom is 0.335 e. The molecule has 1 fully saturated rings. The fourth-order valence-electron chi connectivity index (χ4n) is 2.43. The van der Waals surface area contributed by atoms with E-state index in [-0.39, 0.29) is 11.6 Å². The average molecular weight is 290 g/mol. The number of urea groups is 1. The van der Waals surface area contributed by atoms with Crippen LogP contribution in [0.2, 0.25) is 0 Å². The molecule has 2 N–H and O–H groups in total. The number of carbonyl (C=O) groups is 2. The molecule has 0 radical (unpaired) electrons. The maximum atomic E-state index is 12.3. The van der Waals surface area contributed by atoms with Gasteiger partial charge in [-0.05, 0) is 50.3 Å². The molecular weight excluding hydrogens is 268 g/mol. The van der Waals surface area contributed by atoms with Crippen molar-refractivity contribution in [3.05, 3.63) is 29.3 Å². The van der Waals surface area contributed by atoms with E-state index in [0.717, 1.165) is 12.1 Å². The van der Waals surface area contributed by atoms with E-state index in [1.807, 2.05) is 13.8 Å². The summed E-state index contributed by atoms with van der Waals surface area (Å²) in [5.41, 5.74) is 1.60. The number of amides is 2. The van der Waals surface area contributed by atoms with Crippen LogP contribution >= 0.6 is 0 Å². The third kappa shape index (κ3) is 3.74. The van der Waals surface area contributed by atoms with Gasteiger partial charge in [0.15, 0.2) is 0 Å².